The molecule has 4 nitrogen and oxygen atoms in total. The van der Waals surface area contributed by atoms with Crippen LogP contribution in [0.2, 0.25) is 10.0 Å². The highest BCUT2D eigenvalue weighted by atomic mass is 35.5. The highest BCUT2D eigenvalue weighted by Crippen LogP contribution is 2.32. The topological polar surface area (TPSA) is 59.1 Å². The molecule has 0 saturated carbocycles. The zero-order valence-electron chi connectivity index (χ0n) is 12.4. The average molecular weight is 419 g/mol. The van der Waals surface area contributed by atoms with Crippen molar-refractivity contribution in [3.63, 3.8) is 0 Å². The van der Waals surface area contributed by atoms with Gasteiger partial charge in [-0.2, -0.15) is 0 Å². The molecule has 126 valence electrons. The van der Waals surface area contributed by atoms with Crippen LogP contribution in [-0.4, -0.2) is 19.2 Å². The van der Waals surface area contributed by atoms with Crippen molar-refractivity contribution in [3.05, 3.63) is 46.4 Å². The second kappa shape index (κ2) is 7.09. The summed E-state index contributed by atoms with van der Waals surface area (Å²) in [6, 6.07) is 9.47. The van der Waals surface area contributed by atoms with Gasteiger partial charge in [-0.1, -0.05) is 41.9 Å². The van der Waals surface area contributed by atoms with Crippen molar-refractivity contribution in [1.82, 2.24) is 4.98 Å². The summed E-state index contributed by atoms with van der Waals surface area (Å²) >= 11 is 14.9. The number of rotatable bonds is 5. The van der Waals surface area contributed by atoms with Gasteiger partial charge in [-0.15, -0.1) is 11.3 Å². The molecule has 0 bridgehead atoms. The van der Waals surface area contributed by atoms with Crippen molar-refractivity contribution in [3.8, 4) is 0 Å². The van der Waals surface area contributed by atoms with E-state index in [0.29, 0.717) is 10.7 Å². The van der Waals surface area contributed by atoms with E-state index in [9.17, 15) is 8.42 Å². The number of nitrogens with zero attached hydrogens (tertiary/aromatic N) is 1. The summed E-state index contributed by atoms with van der Waals surface area (Å²) in [5, 5.41) is 0.501. The van der Waals surface area contributed by atoms with Crippen LogP contribution in [0.5, 0.6) is 0 Å². The third-order valence-electron chi connectivity index (χ3n) is 3.09. The summed E-state index contributed by atoms with van der Waals surface area (Å²) in [6.07, 6.45) is 0. The van der Waals surface area contributed by atoms with E-state index in [4.69, 9.17) is 23.2 Å². The molecule has 0 amide bonds. The first-order chi connectivity index (χ1) is 11.4. The summed E-state index contributed by atoms with van der Waals surface area (Å²) in [5.74, 6) is 0.941. The Balaban J connectivity index is 1.91. The van der Waals surface area contributed by atoms with Gasteiger partial charge in [0.05, 0.1) is 30.8 Å². The molecule has 0 aliphatic carbocycles. The predicted molar refractivity (Wildman–Crippen MR) is 103 cm³/mol. The molecule has 24 heavy (non-hydrogen) atoms. The molecule has 0 saturated heterocycles. The van der Waals surface area contributed by atoms with E-state index in [2.05, 4.69) is 16.6 Å². The van der Waals surface area contributed by atoms with Crippen LogP contribution in [0.25, 0.3) is 10.2 Å². The lowest BCUT2D eigenvalue weighted by Crippen LogP contribution is -2.12. The zero-order valence-corrected chi connectivity index (χ0v) is 16.4. The number of halogens is 2. The van der Waals surface area contributed by atoms with Gasteiger partial charge in [0.25, 0.3) is 10.0 Å². The number of thiazole rings is 1. The van der Waals surface area contributed by atoms with Gasteiger partial charge in [0, 0.05) is 0 Å². The van der Waals surface area contributed by atoms with Crippen LogP contribution < -0.4 is 4.72 Å². The number of hydrogen-bond donors (Lipinski definition) is 1. The summed E-state index contributed by atoms with van der Waals surface area (Å²) in [7, 11) is -3.74. The number of aromatic nitrogens is 1. The molecule has 0 aliphatic heterocycles. The lowest BCUT2D eigenvalue weighted by Gasteiger charge is -2.08. The monoisotopic (exact) mass is 418 g/mol. The van der Waals surface area contributed by atoms with E-state index in [1.165, 1.54) is 18.2 Å². The molecular formula is C15H12Cl2N2O2S3. The van der Waals surface area contributed by atoms with Crippen LogP contribution in [-0.2, 0) is 10.0 Å². The van der Waals surface area contributed by atoms with Crippen LogP contribution in [0.4, 0.5) is 5.69 Å². The van der Waals surface area contributed by atoms with Crippen molar-refractivity contribution < 1.29 is 8.42 Å². The average Bonchev–Trinajstić information content (AvgIpc) is 2.91. The molecule has 0 radical (unpaired) electrons. The van der Waals surface area contributed by atoms with Gasteiger partial charge in [0.2, 0.25) is 0 Å². The van der Waals surface area contributed by atoms with Crippen molar-refractivity contribution in [2.45, 2.75) is 16.2 Å². The number of anilines is 1. The largest absolute Gasteiger partial charge is 0.280 e. The Morgan fingerprint density at radius 1 is 1.17 bits per heavy atom. The van der Waals surface area contributed by atoms with Gasteiger partial charge in [-0.3, -0.25) is 4.72 Å². The minimum Gasteiger partial charge on any atom is -0.280 e. The first-order valence-electron chi connectivity index (χ1n) is 6.90. The Bertz CT molecular complexity index is 1000. The highest BCUT2D eigenvalue weighted by Gasteiger charge is 2.16. The SMILES string of the molecule is CCSc1nc2ccc(NS(=O)(=O)c3ccc(Cl)c(Cl)c3)cc2s1. The van der Waals surface area contributed by atoms with Gasteiger partial charge >= 0.3 is 0 Å². The highest BCUT2D eigenvalue weighted by molar-refractivity contribution is 8.01. The third kappa shape index (κ3) is 3.81. The maximum atomic E-state index is 12.5. The molecule has 0 aliphatic rings. The van der Waals surface area contributed by atoms with Crippen molar-refractivity contribution in [1.29, 1.82) is 0 Å². The fraction of sp³-hybridized carbons (Fsp3) is 0.133. The molecule has 0 spiro atoms. The molecule has 0 unspecified atom stereocenters. The Morgan fingerprint density at radius 3 is 2.67 bits per heavy atom. The van der Waals surface area contributed by atoms with E-state index in [1.54, 1.807) is 41.3 Å². The summed E-state index contributed by atoms with van der Waals surface area (Å²) in [4.78, 5) is 4.55. The maximum Gasteiger partial charge on any atom is 0.261 e. The maximum absolute atomic E-state index is 12.5. The summed E-state index contributed by atoms with van der Waals surface area (Å²) in [6.45, 7) is 2.06. The minimum atomic E-state index is -3.74. The quantitative estimate of drug-likeness (QED) is 0.554. The van der Waals surface area contributed by atoms with Gasteiger partial charge < -0.3 is 0 Å². The molecule has 1 N–H and O–H groups in total. The molecule has 3 aromatic rings. The molecular weight excluding hydrogens is 407 g/mol. The molecule has 2 aromatic carbocycles. The summed E-state index contributed by atoms with van der Waals surface area (Å²) < 4.78 is 29.4. The molecule has 0 atom stereocenters. The number of sulfonamides is 1. The number of nitrogens with one attached hydrogen (secondary N) is 1. The molecule has 0 fully saturated rings. The third-order valence-corrected chi connectivity index (χ3v) is 7.25. The van der Waals surface area contributed by atoms with E-state index < -0.39 is 10.0 Å². The first-order valence-corrected chi connectivity index (χ1v) is 10.9. The molecule has 3 rings (SSSR count). The van der Waals surface area contributed by atoms with Crippen molar-refractivity contribution in [2.75, 3.05) is 10.5 Å². The van der Waals surface area contributed by atoms with E-state index in [1.807, 2.05) is 0 Å². The smallest absolute Gasteiger partial charge is 0.261 e. The van der Waals surface area contributed by atoms with Gasteiger partial charge in [-0.25, -0.2) is 13.4 Å². The Kier molecular flexibility index (Phi) is 5.27. The fourth-order valence-electron chi connectivity index (χ4n) is 2.01. The van der Waals surface area contributed by atoms with Crippen LogP contribution in [0.3, 0.4) is 0 Å². The van der Waals surface area contributed by atoms with E-state index >= 15 is 0 Å². The normalized spacial score (nSPS) is 11.8. The predicted octanol–water partition coefficient (Wildman–Crippen LogP) is 5.52. The number of benzene rings is 2. The van der Waals surface area contributed by atoms with E-state index in [-0.39, 0.29) is 9.92 Å². The molecule has 1 heterocycles. The summed E-state index contributed by atoms with van der Waals surface area (Å²) in [5.41, 5.74) is 1.33. The Hall–Kier alpha value is -0.990. The van der Waals surface area contributed by atoms with Crippen LogP contribution in [0, 0.1) is 0 Å². The number of hydrogen-bond acceptors (Lipinski definition) is 5. The van der Waals surface area contributed by atoms with Gasteiger partial charge in [0.1, 0.15) is 0 Å². The lowest BCUT2D eigenvalue weighted by atomic mass is 10.3. The fourth-order valence-corrected chi connectivity index (χ4v) is 5.45. The minimum absolute atomic E-state index is 0.0588. The zero-order chi connectivity index (χ0) is 17.3. The van der Waals surface area contributed by atoms with Gasteiger partial charge in [-0.05, 0) is 42.2 Å². The number of fused-ring (bicyclic) bond motifs is 1. The molecule has 1 aromatic heterocycles. The van der Waals surface area contributed by atoms with Gasteiger partial charge in [0.15, 0.2) is 4.34 Å². The lowest BCUT2D eigenvalue weighted by molar-refractivity contribution is 0.601. The number of thioether (sulfide) groups is 1. The second-order valence-electron chi connectivity index (χ2n) is 4.78. The Labute approximate surface area is 158 Å². The second-order valence-corrected chi connectivity index (χ2v) is 9.82. The van der Waals surface area contributed by atoms with E-state index in [0.717, 1.165) is 20.3 Å². The van der Waals surface area contributed by atoms with Crippen molar-refractivity contribution in [2.24, 2.45) is 0 Å². The standard InChI is InChI=1S/C15H12Cl2N2O2S3/c1-2-22-15-18-13-6-3-9(7-14(13)23-15)19-24(20,21)10-4-5-11(16)12(17)8-10/h3-8,19H,2H2,1H3. The Morgan fingerprint density at radius 2 is 1.96 bits per heavy atom. The first kappa shape index (κ1) is 17.8. The van der Waals surface area contributed by atoms with Crippen LogP contribution in [0.1, 0.15) is 6.92 Å². The molecule has 9 heteroatoms. The van der Waals surface area contributed by atoms with Crippen LogP contribution >= 0.6 is 46.3 Å². The van der Waals surface area contributed by atoms with Crippen molar-refractivity contribution >= 4 is 72.2 Å². The van der Waals surface area contributed by atoms with Crippen LogP contribution in [0.15, 0.2) is 45.6 Å².